The molecule has 0 aliphatic carbocycles. The van der Waals surface area contributed by atoms with E-state index in [4.69, 9.17) is 0 Å². The third kappa shape index (κ3) is 3.39. The molecule has 1 aliphatic rings. The van der Waals surface area contributed by atoms with E-state index in [2.05, 4.69) is 16.6 Å². The van der Waals surface area contributed by atoms with Crippen molar-refractivity contribution in [3.05, 3.63) is 82.2 Å². The van der Waals surface area contributed by atoms with Gasteiger partial charge in [0.25, 0.3) is 0 Å². The molecule has 3 aromatic rings. The number of allylic oxidation sites excluding steroid dienone is 2. The highest BCUT2D eigenvalue weighted by atomic mass is 32.1. The predicted molar refractivity (Wildman–Crippen MR) is 108 cm³/mol. The second kappa shape index (κ2) is 7.17. The largest absolute Gasteiger partial charge is 0.493 e. The Kier molecular flexibility index (Phi) is 4.56. The van der Waals surface area contributed by atoms with E-state index in [1.54, 1.807) is 29.0 Å². The van der Waals surface area contributed by atoms with Crippen molar-refractivity contribution >= 4 is 40.6 Å². The van der Waals surface area contributed by atoms with Gasteiger partial charge in [0.2, 0.25) is 5.88 Å². The minimum atomic E-state index is -0.313. The van der Waals surface area contributed by atoms with Crippen molar-refractivity contribution in [3.63, 3.8) is 0 Å². The third-order valence-electron chi connectivity index (χ3n) is 4.12. The van der Waals surface area contributed by atoms with Gasteiger partial charge in [-0.3, -0.25) is 9.56 Å². The van der Waals surface area contributed by atoms with E-state index >= 15 is 0 Å². The van der Waals surface area contributed by atoms with Crippen molar-refractivity contribution in [1.29, 1.82) is 0 Å². The maximum atomic E-state index is 13.1. The Morgan fingerprint density at radius 1 is 1.19 bits per heavy atom. The van der Waals surface area contributed by atoms with E-state index in [0.29, 0.717) is 21.9 Å². The SMILES string of the molecule is C=CCn1c(O)c(C=C2C=Nc3ccccc32)sc1=Nc1ccc(F)cc1. The molecule has 134 valence electrons. The molecule has 2 aromatic carbocycles. The number of halogens is 1. The van der Waals surface area contributed by atoms with E-state index in [-0.39, 0.29) is 11.7 Å². The highest BCUT2D eigenvalue weighted by Gasteiger charge is 2.15. The first-order valence-electron chi connectivity index (χ1n) is 8.34. The topological polar surface area (TPSA) is 49.9 Å². The Labute approximate surface area is 159 Å². The van der Waals surface area contributed by atoms with Gasteiger partial charge in [0.1, 0.15) is 5.82 Å². The number of fused-ring (bicyclic) bond motifs is 1. The molecule has 6 heteroatoms. The second-order valence-corrected chi connectivity index (χ2v) is 6.94. The molecule has 2 heterocycles. The lowest BCUT2D eigenvalue weighted by Crippen LogP contribution is -2.12. The summed E-state index contributed by atoms with van der Waals surface area (Å²) in [6.45, 7) is 4.16. The Morgan fingerprint density at radius 3 is 2.74 bits per heavy atom. The summed E-state index contributed by atoms with van der Waals surface area (Å²) >= 11 is 1.35. The Hall–Kier alpha value is -3.25. The van der Waals surface area contributed by atoms with Crippen LogP contribution < -0.4 is 4.80 Å². The normalized spacial score (nSPS) is 14.7. The van der Waals surface area contributed by atoms with Gasteiger partial charge < -0.3 is 5.11 Å². The first-order valence-corrected chi connectivity index (χ1v) is 9.16. The van der Waals surface area contributed by atoms with E-state index in [9.17, 15) is 9.50 Å². The number of thiazole rings is 1. The van der Waals surface area contributed by atoms with Gasteiger partial charge in [-0.05, 0) is 36.4 Å². The lowest BCUT2D eigenvalue weighted by atomic mass is 10.1. The molecule has 0 bridgehead atoms. The Morgan fingerprint density at radius 2 is 1.96 bits per heavy atom. The number of aliphatic imine (C=N–C) groups is 1. The lowest BCUT2D eigenvalue weighted by molar-refractivity contribution is 0.421. The Bertz CT molecular complexity index is 1140. The van der Waals surface area contributed by atoms with Crippen molar-refractivity contribution in [3.8, 4) is 5.88 Å². The second-order valence-electron chi connectivity index (χ2n) is 5.94. The molecular formula is C21H16FN3OS. The fourth-order valence-electron chi connectivity index (χ4n) is 2.81. The minimum absolute atomic E-state index is 0.117. The minimum Gasteiger partial charge on any atom is -0.493 e. The zero-order valence-electron chi connectivity index (χ0n) is 14.3. The van der Waals surface area contributed by atoms with Crippen LogP contribution in [0.4, 0.5) is 15.8 Å². The maximum Gasteiger partial charge on any atom is 0.211 e. The van der Waals surface area contributed by atoms with Crippen molar-refractivity contribution in [2.45, 2.75) is 6.54 Å². The number of benzene rings is 2. The third-order valence-corrected chi connectivity index (χ3v) is 5.13. The van der Waals surface area contributed by atoms with E-state index < -0.39 is 0 Å². The molecule has 0 radical (unpaired) electrons. The molecule has 0 unspecified atom stereocenters. The summed E-state index contributed by atoms with van der Waals surface area (Å²) in [4.78, 5) is 10.2. The molecule has 1 N–H and O–H groups in total. The highest BCUT2D eigenvalue weighted by molar-refractivity contribution is 7.10. The van der Waals surface area contributed by atoms with Crippen LogP contribution in [-0.4, -0.2) is 15.9 Å². The van der Waals surface area contributed by atoms with Crippen LogP contribution in [0.2, 0.25) is 0 Å². The average molecular weight is 377 g/mol. The van der Waals surface area contributed by atoms with Crippen molar-refractivity contribution < 1.29 is 9.50 Å². The lowest BCUT2D eigenvalue weighted by Gasteiger charge is -2.01. The smallest absolute Gasteiger partial charge is 0.211 e. The van der Waals surface area contributed by atoms with Gasteiger partial charge in [0.05, 0.1) is 16.3 Å². The summed E-state index contributed by atoms with van der Waals surface area (Å²) < 4.78 is 14.8. The fraction of sp³-hybridized carbons (Fsp3) is 0.0476. The quantitative estimate of drug-likeness (QED) is 0.634. The first-order chi connectivity index (χ1) is 13.2. The van der Waals surface area contributed by atoms with E-state index in [0.717, 1.165) is 16.8 Å². The molecule has 1 aliphatic heterocycles. The number of nitrogens with zero attached hydrogens (tertiary/aromatic N) is 3. The van der Waals surface area contributed by atoms with Crippen LogP contribution in [0.5, 0.6) is 5.88 Å². The number of aromatic hydroxyl groups is 1. The van der Waals surface area contributed by atoms with Gasteiger partial charge in [-0.25, -0.2) is 9.38 Å². The van der Waals surface area contributed by atoms with E-state index in [1.165, 1.54) is 23.5 Å². The van der Waals surface area contributed by atoms with Crippen molar-refractivity contribution in [2.24, 2.45) is 9.98 Å². The van der Waals surface area contributed by atoms with E-state index in [1.807, 2.05) is 30.3 Å². The molecule has 0 spiro atoms. The summed E-state index contributed by atoms with van der Waals surface area (Å²) in [5, 5.41) is 10.7. The summed E-state index contributed by atoms with van der Waals surface area (Å²) in [5.74, 6) is -0.197. The Balaban J connectivity index is 1.82. The molecule has 4 rings (SSSR count). The molecule has 1 aromatic heterocycles. The number of para-hydroxylation sites is 1. The molecule has 0 saturated carbocycles. The standard InChI is InChI=1S/C21H16FN3OS/c1-2-11-25-20(26)19(12-14-13-23-18-6-4-3-5-17(14)18)27-21(25)24-16-9-7-15(22)8-10-16/h2-10,12-13,26H,1,11H2. The predicted octanol–water partition coefficient (Wildman–Crippen LogP) is 5.07. The number of hydrogen-bond acceptors (Lipinski definition) is 4. The average Bonchev–Trinajstić information content (AvgIpc) is 3.21. The molecule has 27 heavy (non-hydrogen) atoms. The van der Waals surface area contributed by atoms with Crippen LogP contribution in [0.1, 0.15) is 10.4 Å². The van der Waals surface area contributed by atoms with Gasteiger partial charge >= 0.3 is 0 Å². The molecule has 0 fully saturated rings. The highest BCUT2D eigenvalue weighted by Crippen LogP contribution is 2.34. The zero-order chi connectivity index (χ0) is 18.8. The van der Waals surface area contributed by atoms with Crippen LogP contribution in [0.25, 0.3) is 11.6 Å². The molecule has 4 nitrogen and oxygen atoms in total. The monoisotopic (exact) mass is 377 g/mol. The van der Waals surface area contributed by atoms with Gasteiger partial charge in [-0.15, -0.1) is 6.58 Å². The molecule has 0 atom stereocenters. The fourth-order valence-corrected chi connectivity index (χ4v) is 3.82. The number of rotatable bonds is 4. The van der Waals surface area contributed by atoms with Crippen molar-refractivity contribution in [2.75, 3.05) is 0 Å². The van der Waals surface area contributed by atoms with Gasteiger partial charge in [-0.2, -0.15) is 0 Å². The summed E-state index contributed by atoms with van der Waals surface area (Å²) in [6.07, 6.45) is 5.39. The number of aromatic nitrogens is 1. The summed E-state index contributed by atoms with van der Waals surface area (Å²) in [5.41, 5.74) is 3.48. The van der Waals surface area contributed by atoms with Crippen LogP contribution in [0.3, 0.4) is 0 Å². The summed E-state index contributed by atoms with van der Waals surface area (Å²) in [6, 6.07) is 13.8. The summed E-state index contributed by atoms with van der Waals surface area (Å²) in [7, 11) is 0. The van der Waals surface area contributed by atoms with Crippen LogP contribution in [0.15, 0.2) is 71.2 Å². The van der Waals surface area contributed by atoms with Gasteiger partial charge in [-0.1, -0.05) is 35.6 Å². The zero-order valence-corrected chi connectivity index (χ0v) is 15.2. The molecule has 0 saturated heterocycles. The van der Waals surface area contributed by atoms with Gasteiger partial charge in [0.15, 0.2) is 4.80 Å². The van der Waals surface area contributed by atoms with Crippen LogP contribution in [-0.2, 0) is 6.54 Å². The number of hydrogen-bond donors (Lipinski definition) is 1. The molecule has 0 amide bonds. The van der Waals surface area contributed by atoms with Gasteiger partial charge in [0, 0.05) is 23.9 Å². The molecular weight excluding hydrogens is 361 g/mol. The van der Waals surface area contributed by atoms with Crippen LogP contribution >= 0.6 is 11.3 Å². The van der Waals surface area contributed by atoms with Crippen molar-refractivity contribution in [1.82, 2.24) is 4.57 Å². The van der Waals surface area contributed by atoms with Crippen LogP contribution in [0, 0.1) is 5.82 Å². The first kappa shape index (κ1) is 17.2. The maximum absolute atomic E-state index is 13.1.